The van der Waals surface area contributed by atoms with Crippen molar-refractivity contribution in [3.05, 3.63) is 31.2 Å². The SMILES string of the molecule is CCCCCCCCOC(=O)c1c(Cl)c(Cl)c(C(=O)OCCCCCCCC)c(Cl)c1Cl. The molecule has 0 aromatic heterocycles. The topological polar surface area (TPSA) is 52.6 Å². The van der Waals surface area contributed by atoms with Crippen LogP contribution in [0.5, 0.6) is 0 Å². The van der Waals surface area contributed by atoms with Gasteiger partial charge in [0.05, 0.1) is 44.4 Å². The Morgan fingerprint density at radius 3 is 1.12 bits per heavy atom. The minimum absolute atomic E-state index is 0.137. The molecule has 0 aliphatic rings. The quantitative estimate of drug-likeness (QED) is 0.122. The van der Waals surface area contributed by atoms with E-state index in [4.69, 9.17) is 55.9 Å². The molecule has 0 radical (unpaired) electrons. The molecule has 0 saturated carbocycles. The number of hydrogen-bond acceptors (Lipinski definition) is 4. The molecule has 0 saturated heterocycles. The summed E-state index contributed by atoms with van der Waals surface area (Å²) in [6, 6.07) is 0. The fourth-order valence-electron chi connectivity index (χ4n) is 3.23. The highest BCUT2D eigenvalue weighted by molar-refractivity contribution is 6.52. The second-order valence-corrected chi connectivity index (χ2v) is 9.33. The summed E-state index contributed by atoms with van der Waals surface area (Å²) in [5.41, 5.74) is -0.274. The van der Waals surface area contributed by atoms with Crippen LogP contribution >= 0.6 is 46.4 Å². The smallest absolute Gasteiger partial charge is 0.341 e. The summed E-state index contributed by atoms with van der Waals surface area (Å²) in [5.74, 6) is -1.44. The van der Waals surface area contributed by atoms with Crippen LogP contribution in [0.2, 0.25) is 20.1 Å². The van der Waals surface area contributed by atoms with Crippen LogP contribution in [0.15, 0.2) is 0 Å². The van der Waals surface area contributed by atoms with Crippen LogP contribution in [-0.4, -0.2) is 25.2 Å². The average molecular weight is 528 g/mol. The third-order valence-corrected chi connectivity index (χ3v) is 6.84. The van der Waals surface area contributed by atoms with E-state index in [9.17, 15) is 9.59 Å². The number of ether oxygens (including phenoxy) is 2. The van der Waals surface area contributed by atoms with Crippen LogP contribution in [0.1, 0.15) is 112 Å². The lowest BCUT2D eigenvalue weighted by atomic mass is 10.1. The molecule has 8 heteroatoms. The third kappa shape index (κ3) is 9.67. The zero-order chi connectivity index (χ0) is 23.9. The Bertz CT molecular complexity index is 647. The predicted molar refractivity (Wildman–Crippen MR) is 134 cm³/mol. The molecule has 0 heterocycles. The van der Waals surface area contributed by atoms with Gasteiger partial charge in [-0.3, -0.25) is 0 Å². The van der Waals surface area contributed by atoms with Gasteiger partial charge in [0.15, 0.2) is 0 Å². The van der Waals surface area contributed by atoms with Crippen LogP contribution in [0.3, 0.4) is 0 Å². The lowest BCUT2D eigenvalue weighted by Gasteiger charge is -2.14. The highest BCUT2D eigenvalue weighted by Crippen LogP contribution is 2.42. The second-order valence-electron chi connectivity index (χ2n) is 7.81. The number of carbonyl (C=O) groups excluding carboxylic acids is 2. The molecule has 0 spiro atoms. The van der Waals surface area contributed by atoms with Crippen molar-refractivity contribution >= 4 is 58.3 Å². The van der Waals surface area contributed by atoms with E-state index in [1.807, 2.05) is 0 Å². The van der Waals surface area contributed by atoms with E-state index in [2.05, 4.69) is 13.8 Å². The van der Waals surface area contributed by atoms with Gasteiger partial charge in [0.2, 0.25) is 0 Å². The molecule has 0 bridgehead atoms. The summed E-state index contributed by atoms with van der Waals surface area (Å²) >= 11 is 25.0. The maximum absolute atomic E-state index is 12.5. The van der Waals surface area contributed by atoms with Crippen LogP contribution in [0, 0.1) is 0 Å². The van der Waals surface area contributed by atoms with Crippen molar-refractivity contribution in [2.75, 3.05) is 13.2 Å². The lowest BCUT2D eigenvalue weighted by Crippen LogP contribution is -2.13. The lowest BCUT2D eigenvalue weighted by molar-refractivity contribution is 0.0483. The summed E-state index contributed by atoms with van der Waals surface area (Å²) in [4.78, 5) is 25.0. The van der Waals surface area contributed by atoms with Crippen molar-refractivity contribution in [3.8, 4) is 0 Å². The standard InChI is InChI=1S/C24H34Cl4O4/c1-3-5-7-9-11-13-15-31-23(29)17-19(25)21(27)18(22(28)20(17)26)24(30)32-16-14-12-10-8-6-4-2/h3-16H2,1-2H3. The van der Waals surface area contributed by atoms with Crippen molar-refractivity contribution < 1.29 is 19.1 Å². The van der Waals surface area contributed by atoms with Crippen molar-refractivity contribution in [2.24, 2.45) is 0 Å². The van der Waals surface area contributed by atoms with Gasteiger partial charge in [-0.1, -0.05) is 124 Å². The summed E-state index contributed by atoms with van der Waals surface area (Å²) in [6.07, 6.45) is 12.7. The molecule has 0 N–H and O–H groups in total. The van der Waals surface area contributed by atoms with E-state index in [-0.39, 0.29) is 44.4 Å². The first-order valence-corrected chi connectivity index (χ1v) is 13.1. The van der Waals surface area contributed by atoms with E-state index < -0.39 is 11.9 Å². The average Bonchev–Trinajstić information content (AvgIpc) is 2.77. The minimum Gasteiger partial charge on any atom is -0.462 e. The zero-order valence-corrected chi connectivity index (χ0v) is 22.1. The Labute approximate surface area is 212 Å². The van der Waals surface area contributed by atoms with Gasteiger partial charge < -0.3 is 9.47 Å². The zero-order valence-electron chi connectivity index (χ0n) is 19.0. The second kappa shape index (κ2) is 16.9. The van der Waals surface area contributed by atoms with Gasteiger partial charge in [-0.15, -0.1) is 0 Å². The normalized spacial score (nSPS) is 10.9. The fraction of sp³-hybridized carbons (Fsp3) is 0.667. The molecule has 1 aromatic rings. The number of esters is 2. The molecule has 182 valence electrons. The van der Waals surface area contributed by atoms with Crippen LogP contribution < -0.4 is 0 Å². The Morgan fingerprint density at radius 2 is 0.812 bits per heavy atom. The maximum Gasteiger partial charge on any atom is 0.341 e. The van der Waals surface area contributed by atoms with Crippen molar-refractivity contribution in [1.82, 2.24) is 0 Å². The first-order chi connectivity index (χ1) is 15.4. The highest BCUT2D eigenvalue weighted by atomic mass is 35.5. The molecule has 0 amide bonds. The largest absolute Gasteiger partial charge is 0.462 e. The van der Waals surface area contributed by atoms with Gasteiger partial charge in [-0.2, -0.15) is 0 Å². The van der Waals surface area contributed by atoms with E-state index in [0.29, 0.717) is 0 Å². The van der Waals surface area contributed by atoms with Crippen LogP contribution in [-0.2, 0) is 9.47 Å². The molecular weight excluding hydrogens is 494 g/mol. The number of unbranched alkanes of at least 4 members (excludes halogenated alkanes) is 10. The van der Waals surface area contributed by atoms with Gasteiger partial charge >= 0.3 is 11.9 Å². The Balaban J connectivity index is 2.68. The number of carbonyl (C=O) groups is 2. The van der Waals surface area contributed by atoms with Gasteiger partial charge in [0, 0.05) is 0 Å². The molecule has 0 aliphatic carbocycles. The van der Waals surface area contributed by atoms with Gasteiger partial charge in [0.1, 0.15) is 0 Å². The fourth-order valence-corrected chi connectivity index (χ4v) is 4.39. The maximum atomic E-state index is 12.5. The van der Waals surface area contributed by atoms with Gasteiger partial charge in [-0.05, 0) is 12.8 Å². The highest BCUT2D eigenvalue weighted by Gasteiger charge is 2.29. The minimum atomic E-state index is -0.718. The Hall–Kier alpha value is -0.680. The molecule has 4 nitrogen and oxygen atoms in total. The summed E-state index contributed by atoms with van der Waals surface area (Å²) < 4.78 is 10.6. The molecule has 0 atom stereocenters. The van der Waals surface area contributed by atoms with E-state index in [0.717, 1.165) is 38.5 Å². The van der Waals surface area contributed by atoms with Crippen molar-refractivity contribution in [2.45, 2.75) is 90.9 Å². The van der Waals surface area contributed by atoms with E-state index >= 15 is 0 Å². The van der Waals surface area contributed by atoms with Crippen molar-refractivity contribution in [3.63, 3.8) is 0 Å². The van der Waals surface area contributed by atoms with Gasteiger partial charge in [0.25, 0.3) is 0 Å². The molecule has 1 aromatic carbocycles. The molecule has 32 heavy (non-hydrogen) atoms. The van der Waals surface area contributed by atoms with Gasteiger partial charge in [-0.25, -0.2) is 9.59 Å². The molecule has 0 unspecified atom stereocenters. The number of hydrogen-bond donors (Lipinski definition) is 0. The summed E-state index contributed by atoms with van der Waals surface area (Å²) in [6.45, 7) is 4.81. The van der Waals surface area contributed by atoms with Crippen LogP contribution in [0.25, 0.3) is 0 Å². The van der Waals surface area contributed by atoms with Crippen LogP contribution in [0.4, 0.5) is 0 Å². The number of benzene rings is 1. The molecular formula is C24H34Cl4O4. The summed E-state index contributed by atoms with van der Waals surface area (Å²) in [7, 11) is 0. The summed E-state index contributed by atoms with van der Waals surface area (Å²) in [5, 5.41) is -0.665. The Morgan fingerprint density at radius 1 is 0.531 bits per heavy atom. The first-order valence-electron chi connectivity index (χ1n) is 11.6. The predicted octanol–water partition coefficient (Wildman–Crippen LogP) is 9.33. The van der Waals surface area contributed by atoms with Crippen molar-refractivity contribution in [1.29, 1.82) is 0 Å². The van der Waals surface area contributed by atoms with E-state index in [1.54, 1.807) is 0 Å². The van der Waals surface area contributed by atoms with E-state index in [1.165, 1.54) is 38.5 Å². The number of rotatable bonds is 16. The third-order valence-electron chi connectivity index (χ3n) is 5.13. The Kier molecular flexibility index (Phi) is 15.5. The first kappa shape index (κ1) is 29.4. The number of halogens is 4. The monoisotopic (exact) mass is 526 g/mol. The molecule has 1 rings (SSSR count). The molecule has 0 fully saturated rings. The molecule has 0 aliphatic heterocycles.